The highest BCUT2D eigenvalue weighted by molar-refractivity contribution is 6.30. The molecule has 28 heavy (non-hydrogen) atoms. The van der Waals surface area contributed by atoms with Crippen LogP contribution in [0.2, 0.25) is 5.02 Å². The average molecular weight is 406 g/mol. The first kappa shape index (κ1) is 19.3. The van der Waals surface area contributed by atoms with Crippen molar-refractivity contribution in [3.63, 3.8) is 0 Å². The Morgan fingerprint density at radius 1 is 1.18 bits per heavy atom. The van der Waals surface area contributed by atoms with E-state index in [0.29, 0.717) is 17.6 Å². The smallest absolute Gasteiger partial charge is 0.145 e. The van der Waals surface area contributed by atoms with Crippen molar-refractivity contribution in [3.05, 3.63) is 58.4 Å². The van der Waals surface area contributed by atoms with Gasteiger partial charge in [-0.2, -0.15) is 0 Å². The van der Waals surface area contributed by atoms with E-state index in [1.807, 2.05) is 13.0 Å². The van der Waals surface area contributed by atoms with Crippen LogP contribution in [0, 0.1) is 25.6 Å². The van der Waals surface area contributed by atoms with E-state index < -0.39 is 36.1 Å². The number of halogens is 2. The van der Waals surface area contributed by atoms with Crippen molar-refractivity contribution >= 4 is 22.6 Å². The lowest BCUT2D eigenvalue weighted by Gasteiger charge is -2.24. The first-order valence-corrected chi connectivity index (χ1v) is 9.46. The Morgan fingerprint density at radius 2 is 1.93 bits per heavy atom. The average Bonchev–Trinajstić information content (AvgIpc) is 3.22. The number of hydrogen-bond acceptors (Lipinski definition) is 5. The molecule has 1 fully saturated rings. The van der Waals surface area contributed by atoms with Gasteiger partial charge >= 0.3 is 0 Å². The van der Waals surface area contributed by atoms with Crippen molar-refractivity contribution < 1.29 is 19.7 Å². The molecule has 8 heteroatoms. The Balaban J connectivity index is 1.68. The van der Waals surface area contributed by atoms with Crippen molar-refractivity contribution in [1.29, 1.82) is 0 Å². The minimum Gasteiger partial charge on any atom is -0.390 e. The van der Waals surface area contributed by atoms with Crippen LogP contribution >= 0.6 is 11.6 Å². The molecule has 5 atom stereocenters. The summed E-state index contributed by atoms with van der Waals surface area (Å²) < 4.78 is 16.0. The van der Waals surface area contributed by atoms with Gasteiger partial charge in [0.25, 0.3) is 0 Å². The molecule has 0 saturated heterocycles. The van der Waals surface area contributed by atoms with Gasteiger partial charge in [-0.05, 0) is 43.5 Å². The van der Waals surface area contributed by atoms with Gasteiger partial charge in [-0.1, -0.05) is 17.7 Å². The normalized spacial score (nSPS) is 26.1. The first-order chi connectivity index (χ1) is 13.3. The number of fused-ring (bicyclic) bond motifs is 1. The summed E-state index contributed by atoms with van der Waals surface area (Å²) >= 11 is 5.80. The van der Waals surface area contributed by atoms with Crippen molar-refractivity contribution in [2.75, 3.05) is 0 Å². The third-order valence-corrected chi connectivity index (χ3v) is 6.16. The molecule has 0 amide bonds. The maximum atomic E-state index is 14.2. The van der Waals surface area contributed by atoms with Crippen molar-refractivity contribution in [2.45, 2.75) is 44.6 Å². The summed E-state index contributed by atoms with van der Waals surface area (Å²) in [5, 5.41) is 33.0. The molecular formula is C20H21ClFN3O3. The minimum atomic E-state index is -1.17. The molecule has 6 nitrogen and oxygen atoms in total. The molecule has 1 aliphatic carbocycles. The second kappa shape index (κ2) is 7.08. The fraction of sp³-hybridized carbons (Fsp3) is 0.400. The predicted octanol–water partition coefficient (Wildman–Crippen LogP) is 2.86. The van der Waals surface area contributed by atoms with E-state index in [9.17, 15) is 19.7 Å². The number of aliphatic hydroxyl groups excluding tert-OH is 3. The van der Waals surface area contributed by atoms with Gasteiger partial charge in [0.15, 0.2) is 0 Å². The van der Waals surface area contributed by atoms with E-state index in [-0.39, 0.29) is 10.6 Å². The molecular weight excluding hydrogens is 385 g/mol. The van der Waals surface area contributed by atoms with Crippen LogP contribution in [0.3, 0.4) is 0 Å². The molecule has 3 N–H and O–H groups in total. The fourth-order valence-corrected chi connectivity index (χ4v) is 4.42. The number of hydrogen-bond donors (Lipinski definition) is 3. The topological polar surface area (TPSA) is 91.4 Å². The zero-order chi connectivity index (χ0) is 20.2. The van der Waals surface area contributed by atoms with Crippen LogP contribution in [0.5, 0.6) is 0 Å². The number of nitrogens with zero attached hydrogens (tertiary/aromatic N) is 3. The summed E-state index contributed by atoms with van der Waals surface area (Å²) in [6.07, 6.45) is 0.161. The lowest BCUT2D eigenvalue weighted by Crippen LogP contribution is -2.31. The molecule has 4 rings (SSSR count). The van der Waals surface area contributed by atoms with E-state index in [2.05, 4.69) is 9.97 Å². The lowest BCUT2D eigenvalue weighted by molar-refractivity contribution is -0.0266. The summed E-state index contributed by atoms with van der Waals surface area (Å²) in [6.45, 7) is 3.41. The predicted molar refractivity (Wildman–Crippen MR) is 103 cm³/mol. The third kappa shape index (κ3) is 2.90. The number of aromatic nitrogens is 3. The second-order valence-electron chi connectivity index (χ2n) is 7.39. The molecule has 1 aliphatic rings. The molecule has 0 radical (unpaired) electrons. The molecule has 0 bridgehead atoms. The molecule has 0 aliphatic heterocycles. The Bertz CT molecular complexity index is 1040. The molecule has 2 heterocycles. The van der Waals surface area contributed by atoms with E-state index in [1.54, 1.807) is 16.8 Å². The first-order valence-electron chi connectivity index (χ1n) is 9.08. The molecule has 3 aromatic rings. The van der Waals surface area contributed by atoms with E-state index in [0.717, 1.165) is 11.1 Å². The lowest BCUT2D eigenvalue weighted by atomic mass is 9.90. The quantitative estimate of drug-likeness (QED) is 0.623. The van der Waals surface area contributed by atoms with Gasteiger partial charge in [0.05, 0.1) is 29.0 Å². The monoisotopic (exact) mass is 405 g/mol. The highest BCUT2D eigenvalue weighted by Gasteiger charge is 2.46. The largest absolute Gasteiger partial charge is 0.390 e. The van der Waals surface area contributed by atoms with Crippen LogP contribution in [0.15, 0.2) is 30.7 Å². The molecule has 1 saturated carbocycles. The van der Waals surface area contributed by atoms with Gasteiger partial charge in [0.1, 0.15) is 23.9 Å². The Kier molecular flexibility index (Phi) is 4.87. The standard InChI is InChI=1S/C20H21ClFN3O3/c1-9-11(3-4-14(21)16(9)22)17(26)13-7-15(19(28)18(13)27)25-6-5-12-10(2)23-8-24-20(12)25/h3-6,8,13,15,17-19,26-28H,7H2,1-2H3/t13?,15?,17?,18-,19+/m1/s1. The second-order valence-corrected chi connectivity index (χ2v) is 7.80. The molecule has 3 unspecified atom stereocenters. The van der Waals surface area contributed by atoms with Gasteiger partial charge in [0, 0.05) is 17.5 Å². The maximum Gasteiger partial charge on any atom is 0.145 e. The SMILES string of the molecule is Cc1c(C(O)C2CC(n3ccc4c(C)ncnc43)[C@H](O)[C@@H]2O)ccc(Cl)c1F. The Labute approximate surface area is 166 Å². The highest BCUT2D eigenvalue weighted by Crippen LogP contribution is 2.44. The number of rotatable bonds is 3. The van der Waals surface area contributed by atoms with Gasteiger partial charge in [-0.25, -0.2) is 14.4 Å². The van der Waals surface area contributed by atoms with Crippen molar-refractivity contribution in [3.8, 4) is 0 Å². The van der Waals surface area contributed by atoms with Gasteiger partial charge < -0.3 is 19.9 Å². The summed E-state index contributed by atoms with van der Waals surface area (Å²) in [6, 6.07) is 4.33. The molecule has 0 spiro atoms. The van der Waals surface area contributed by atoms with Crippen LogP contribution in [0.25, 0.3) is 11.0 Å². The van der Waals surface area contributed by atoms with Gasteiger partial charge in [-0.3, -0.25) is 0 Å². The van der Waals surface area contributed by atoms with Crippen LogP contribution in [0.1, 0.15) is 35.4 Å². The van der Waals surface area contributed by atoms with E-state index >= 15 is 0 Å². The van der Waals surface area contributed by atoms with Crippen molar-refractivity contribution in [2.24, 2.45) is 5.92 Å². The van der Waals surface area contributed by atoms with Crippen LogP contribution in [0.4, 0.5) is 4.39 Å². The Morgan fingerprint density at radius 3 is 2.68 bits per heavy atom. The van der Waals surface area contributed by atoms with Crippen molar-refractivity contribution in [1.82, 2.24) is 14.5 Å². The Hall–Kier alpha value is -2.06. The third-order valence-electron chi connectivity index (χ3n) is 5.87. The van der Waals surface area contributed by atoms with Crippen LogP contribution < -0.4 is 0 Å². The maximum absolute atomic E-state index is 14.2. The summed E-state index contributed by atoms with van der Waals surface area (Å²) in [5.74, 6) is -1.26. The number of benzene rings is 1. The summed E-state index contributed by atoms with van der Waals surface area (Å²) in [4.78, 5) is 8.47. The van der Waals surface area contributed by atoms with Gasteiger partial charge in [0.2, 0.25) is 0 Å². The molecule has 1 aromatic carbocycles. The summed E-state index contributed by atoms with van der Waals surface area (Å²) in [5.41, 5.74) is 2.07. The number of aryl methyl sites for hydroxylation is 1. The zero-order valence-electron chi connectivity index (χ0n) is 15.4. The van der Waals surface area contributed by atoms with Crippen LogP contribution in [-0.4, -0.2) is 42.1 Å². The minimum absolute atomic E-state index is 0.0211. The molecule has 148 valence electrons. The highest BCUT2D eigenvalue weighted by atomic mass is 35.5. The summed E-state index contributed by atoms with van der Waals surface area (Å²) in [7, 11) is 0. The molecule has 2 aromatic heterocycles. The zero-order valence-corrected chi connectivity index (χ0v) is 16.2. The van der Waals surface area contributed by atoms with Gasteiger partial charge in [-0.15, -0.1) is 0 Å². The van der Waals surface area contributed by atoms with Crippen LogP contribution in [-0.2, 0) is 0 Å². The fourth-order valence-electron chi connectivity index (χ4n) is 4.22. The van der Waals surface area contributed by atoms with E-state index in [4.69, 9.17) is 11.6 Å². The van der Waals surface area contributed by atoms with E-state index in [1.165, 1.54) is 19.3 Å². The number of aliphatic hydroxyl groups is 3.